The monoisotopic (exact) mass is 377 g/mol. The Labute approximate surface area is 163 Å². The molecule has 0 bridgehead atoms. The third kappa shape index (κ3) is 3.83. The predicted molar refractivity (Wildman–Crippen MR) is 109 cm³/mol. The summed E-state index contributed by atoms with van der Waals surface area (Å²) in [5.74, 6) is 0.866. The smallest absolute Gasteiger partial charge is 0.209 e. The molecule has 1 N–H and O–H groups in total. The molecule has 1 atom stereocenters. The van der Waals surface area contributed by atoms with Crippen LogP contribution in [0.25, 0.3) is 11.4 Å². The largest absolute Gasteiger partial charge is 0.293 e. The first kappa shape index (κ1) is 18.0. The molecule has 0 unspecified atom stereocenters. The van der Waals surface area contributed by atoms with Crippen LogP contribution < -0.4 is 0 Å². The molecular weight excluding hydrogens is 354 g/mol. The number of nitrogens with one attached hydrogen (secondary N) is 1. The topological polar surface area (TPSA) is 58.6 Å². The maximum absolute atomic E-state index is 12.8. The Morgan fingerprint density at radius 1 is 1.15 bits per heavy atom. The van der Waals surface area contributed by atoms with Crippen molar-refractivity contribution in [3.8, 4) is 11.4 Å². The SMILES string of the molecule is CCc1ccc(-c2nc(S[C@H](C)C(=O)c3ccc4c(c3)CCC4)n[nH]2)cc1. The highest BCUT2D eigenvalue weighted by Gasteiger charge is 2.21. The number of hydrogen-bond acceptors (Lipinski definition) is 4. The molecule has 1 aliphatic rings. The Balaban J connectivity index is 1.45. The third-order valence-corrected chi connectivity index (χ3v) is 6.10. The highest BCUT2D eigenvalue weighted by atomic mass is 32.2. The van der Waals surface area contributed by atoms with Gasteiger partial charge in [-0.3, -0.25) is 9.89 Å². The average molecular weight is 378 g/mol. The van der Waals surface area contributed by atoms with E-state index in [0.29, 0.717) is 5.16 Å². The number of aromatic amines is 1. The Morgan fingerprint density at radius 2 is 1.93 bits per heavy atom. The lowest BCUT2D eigenvalue weighted by atomic mass is 10.0. The van der Waals surface area contributed by atoms with Crippen LogP contribution in [0.15, 0.2) is 47.6 Å². The van der Waals surface area contributed by atoms with Gasteiger partial charge in [0.1, 0.15) is 0 Å². The fourth-order valence-electron chi connectivity index (χ4n) is 3.50. The second-order valence-corrected chi connectivity index (χ2v) is 8.29. The van der Waals surface area contributed by atoms with Crippen molar-refractivity contribution in [3.63, 3.8) is 0 Å². The molecule has 0 fully saturated rings. The summed E-state index contributed by atoms with van der Waals surface area (Å²) in [6, 6.07) is 14.4. The molecule has 1 aromatic heterocycles. The van der Waals surface area contributed by atoms with Gasteiger partial charge in [0, 0.05) is 11.1 Å². The molecule has 3 aromatic rings. The van der Waals surface area contributed by atoms with E-state index in [-0.39, 0.29) is 11.0 Å². The lowest BCUT2D eigenvalue weighted by Gasteiger charge is -2.09. The molecule has 0 radical (unpaired) electrons. The van der Waals surface area contributed by atoms with Crippen LogP contribution in [0.5, 0.6) is 0 Å². The van der Waals surface area contributed by atoms with Crippen LogP contribution in [0.3, 0.4) is 0 Å². The van der Waals surface area contributed by atoms with Crippen molar-refractivity contribution in [1.82, 2.24) is 15.2 Å². The van der Waals surface area contributed by atoms with Crippen molar-refractivity contribution in [1.29, 1.82) is 0 Å². The summed E-state index contributed by atoms with van der Waals surface area (Å²) in [6.07, 6.45) is 4.42. The van der Waals surface area contributed by atoms with Gasteiger partial charge in [-0.15, -0.1) is 5.10 Å². The number of ketones is 1. The van der Waals surface area contributed by atoms with Crippen LogP contribution in [-0.4, -0.2) is 26.2 Å². The zero-order valence-corrected chi connectivity index (χ0v) is 16.5. The van der Waals surface area contributed by atoms with Crippen LogP contribution in [-0.2, 0) is 19.3 Å². The number of carbonyl (C=O) groups excluding carboxylic acids is 1. The van der Waals surface area contributed by atoms with Gasteiger partial charge in [0.2, 0.25) is 5.16 Å². The minimum atomic E-state index is -0.226. The number of fused-ring (bicyclic) bond motifs is 1. The molecule has 5 heteroatoms. The van der Waals surface area contributed by atoms with Crippen molar-refractivity contribution in [3.05, 3.63) is 64.7 Å². The highest BCUT2D eigenvalue weighted by Crippen LogP contribution is 2.27. The zero-order valence-electron chi connectivity index (χ0n) is 15.7. The number of aromatic nitrogens is 3. The van der Waals surface area contributed by atoms with Crippen LogP contribution in [0.1, 0.15) is 47.3 Å². The molecule has 4 nitrogen and oxygen atoms in total. The molecule has 138 valence electrons. The Bertz CT molecular complexity index is 962. The molecule has 0 amide bonds. The summed E-state index contributed by atoms with van der Waals surface area (Å²) < 4.78 is 0. The lowest BCUT2D eigenvalue weighted by Crippen LogP contribution is -2.14. The standard InChI is InChI=1S/C22H23N3OS/c1-3-15-7-9-17(10-8-15)21-23-22(25-24-21)27-14(2)20(26)19-12-11-16-5-4-6-18(16)13-19/h7-14H,3-6H2,1-2H3,(H,23,24,25)/t14-/m1/s1. The van der Waals surface area contributed by atoms with Gasteiger partial charge in [0.05, 0.1) is 5.25 Å². The van der Waals surface area contributed by atoms with E-state index in [2.05, 4.69) is 46.4 Å². The predicted octanol–water partition coefficient (Wildman–Crippen LogP) is 4.89. The summed E-state index contributed by atoms with van der Waals surface area (Å²) in [5.41, 5.74) is 5.81. The maximum atomic E-state index is 12.8. The molecule has 1 aliphatic carbocycles. The molecular formula is C22H23N3OS. The number of H-pyrrole nitrogens is 1. The van der Waals surface area contributed by atoms with Crippen LogP contribution in [0, 0.1) is 0 Å². The van der Waals surface area contributed by atoms with Crippen molar-refractivity contribution < 1.29 is 4.79 Å². The quantitative estimate of drug-likeness (QED) is 0.491. The Morgan fingerprint density at radius 3 is 2.70 bits per heavy atom. The molecule has 0 spiro atoms. The number of Topliss-reactive ketones (excluding diaryl/α,β-unsaturated/α-hetero) is 1. The van der Waals surface area contributed by atoms with E-state index < -0.39 is 0 Å². The van der Waals surface area contributed by atoms with Crippen LogP contribution in [0.2, 0.25) is 0 Å². The number of thioether (sulfide) groups is 1. The van der Waals surface area contributed by atoms with Gasteiger partial charge in [-0.05, 0) is 55.4 Å². The second kappa shape index (κ2) is 7.69. The van der Waals surface area contributed by atoms with E-state index in [1.165, 1.54) is 34.9 Å². The Hall–Kier alpha value is -2.40. The second-order valence-electron chi connectivity index (χ2n) is 6.98. The van der Waals surface area contributed by atoms with Crippen LogP contribution >= 0.6 is 11.8 Å². The lowest BCUT2D eigenvalue weighted by molar-refractivity contribution is 0.0994. The summed E-state index contributed by atoms with van der Waals surface area (Å²) in [6.45, 7) is 4.06. The van der Waals surface area contributed by atoms with Gasteiger partial charge in [-0.25, -0.2) is 4.98 Å². The first-order valence-corrected chi connectivity index (χ1v) is 10.4. The van der Waals surface area contributed by atoms with Crippen molar-refractivity contribution >= 4 is 17.5 Å². The van der Waals surface area contributed by atoms with E-state index in [1.54, 1.807) is 0 Å². The molecule has 4 rings (SSSR count). The molecule has 27 heavy (non-hydrogen) atoms. The fraction of sp³-hybridized carbons (Fsp3) is 0.318. The van der Waals surface area contributed by atoms with E-state index in [4.69, 9.17) is 0 Å². The highest BCUT2D eigenvalue weighted by molar-refractivity contribution is 8.00. The summed E-state index contributed by atoms with van der Waals surface area (Å²) >= 11 is 1.40. The van der Waals surface area contributed by atoms with Gasteiger partial charge in [-0.2, -0.15) is 0 Å². The van der Waals surface area contributed by atoms with Crippen LogP contribution in [0.4, 0.5) is 0 Å². The molecule has 0 saturated carbocycles. The van der Waals surface area contributed by atoms with Crippen molar-refractivity contribution in [2.75, 3.05) is 0 Å². The van der Waals surface area contributed by atoms with Gasteiger partial charge in [-0.1, -0.05) is 55.1 Å². The summed E-state index contributed by atoms with van der Waals surface area (Å²) in [5, 5.41) is 7.64. The minimum Gasteiger partial charge on any atom is -0.293 e. The summed E-state index contributed by atoms with van der Waals surface area (Å²) in [4.78, 5) is 17.4. The summed E-state index contributed by atoms with van der Waals surface area (Å²) in [7, 11) is 0. The number of hydrogen-bond donors (Lipinski definition) is 1. The van der Waals surface area contributed by atoms with Gasteiger partial charge >= 0.3 is 0 Å². The fourth-order valence-corrected chi connectivity index (χ4v) is 4.30. The maximum Gasteiger partial charge on any atom is 0.209 e. The van der Waals surface area contributed by atoms with Gasteiger partial charge < -0.3 is 0 Å². The van der Waals surface area contributed by atoms with E-state index in [9.17, 15) is 4.79 Å². The number of rotatable bonds is 6. The number of nitrogens with zero attached hydrogens (tertiary/aromatic N) is 2. The number of carbonyl (C=O) groups is 1. The normalized spacial score (nSPS) is 14.1. The average Bonchev–Trinajstić information content (AvgIpc) is 3.36. The van der Waals surface area contributed by atoms with Crippen molar-refractivity contribution in [2.24, 2.45) is 0 Å². The first-order valence-electron chi connectivity index (χ1n) is 9.48. The third-order valence-electron chi connectivity index (χ3n) is 5.13. The number of aryl methyl sites for hydroxylation is 3. The van der Waals surface area contributed by atoms with Crippen molar-refractivity contribution in [2.45, 2.75) is 49.9 Å². The van der Waals surface area contributed by atoms with E-state index in [1.807, 2.05) is 25.1 Å². The molecule has 0 saturated heterocycles. The molecule has 1 heterocycles. The Kier molecular flexibility index (Phi) is 5.12. The molecule has 2 aromatic carbocycles. The number of benzene rings is 2. The minimum absolute atomic E-state index is 0.133. The van der Waals surface area contributed by atoms with Gasteiger partial charge in [0.15, 0.2) is 11.6 Å². The first-order chi connectivity index (χ1) is 13.1. The zero-order chi connectivity index (χ0) is 18.8. The van der Waals surface area contributed by atoms with E-state index in [0.717, 1.165) is 36.2 Å². The van der Waals surface area contributed by atoms with Gasteiger partial charge in [0.25, 0.3) is 0 Å². The van der Waals surface area contributed by atoms with E-state index >= 15 is 0 Å². The molecule has 0 aliphatic heterocycles.